The van der Waals surface area contributed by atoms with Crippen molar-refractivity contribution in [3.8, 4) is 5.75 Å². The van der Waals surface area contributed by atoms with E-state index in [1.54, 1.807) is 18.4 Å². The van der Waals surface area contributed by atoms with Crippen LogP contribution in [0.3, 0.4) is 0 Å². The average molecular weight is 363 g/mol. The maximum atomic E-state index is 6.31. The highest BCUT2D eigenvalue weighted by atomic mass is 79.9. The Balaban J connectivity index is 1.82. The fourth-order valence-corrected chi connectivity index (χ4v) is 3.81. The number of nitrogens with zero attached hydrogens (tertiary/aromatic N) is 1. The lowest BCUT2D eigenvalue weighted by atomic mass is 10.1. The van der Waals surface area contributed by atoms with E-state index in [4.69, 9.17) is 10.5 Å². The minimum atomic E-state index is -0.0761. The number of para-hydroxylation sites is 1. The van der Waals surface area contributed by atoms with E-state index in [2.05, 4.69) is 27.0 Å². The van der Waals surface area contributed by atoms with Crippen molar-refractivity contribution in [1.82, 2.24) is 4.98 Å². The van der Waals surface area contributed by atoms with Crippen LogP contribution in [0.1, 0.15) is 16.6 Å². The van der Waals surface area contributed by atoms with Gasteiger partial charge < -0.3 is 10.5 Å². The molecule has 3 aromatic rings. The van der Waals surface area contributed by atoms with Gasteiger partial charge in [0, 0.05) is 12.5 Å². The molecule has 0 aliphatic rings. The second kappa shape index (κ2) is 6.13. The second-order valence-corrected chi connectivity index (χ2v) is 6.75. The Labute approximate surface area is 135 Å². The lowest BCUT2D eigenvalue weighted by molar-refractivity contribution is 0.412. The zero-order chi connectivity index (χ0) is 14.8. The van der Waals surface area contributed by atoms with Gasteiger partial charge in [-0.25, -0.2) is 4.98 Å². The highest BCUT2D eigenvalue weighted by Gasteiger charge is 2.12. The van der Waals surface area contributed by atoms with Crippen LogP contribution in [0.4, 0.5) is 0 Å². The molecule has 0 saturated carbocycles. The van der Waals surface area contributed by atoms with E-state index in [0.29, 0.717) is 0 Å². The van der Waals surface area contributed by atoms with E-state index >= 15 is 0 Å². The predicted octanol–water partition coefficient (Wildman–Crippen LogP) is 4.31. The first kappa shape index (κ1) is 14.5. The summed E-state index contributed by atoms with van der Waals surface area (Å²) in [6, 6.07) is 14.0. The zero-order valence-electron chi connectivity index (χ0n) is 11.5. The number of hydrogen-bond acceptors (Lipinski definition) is 4. The van der Waals surface area contributed by atoms with Gasteiger partial charge in [-0.3, -0.25) is 0 Å². The first-order valence-corrected chi connectivity index (χ1v) is 8.22. The largest absolute Gasteiger partial charge is 0.496 e. The standard InChI is InChI=1S/C16H15BrN2OS/c1-20-14-7-6-10(8-11(14)17)12(18)9-16-19-13-4-2-3-5-15(13)21-16/h2-8,12H,9,18H2,1H3. The predicted molar refractivity (Wildman–Crippen MR) is 90.9 cm³/mol. The van der Waals surface area contributed by atoms with Crippen molar-refractivity contribution in [3.63, 3.8) is 0 Å². The summed E-state index contributed by atoms with van der Waals surface area (Å²) in [5.41, 5.74) is 8.43. The Morgan fingerprint density at radius 1 is 1.29 bits per heavy atom. The van der Waals surface area contributed by atoms with Crippen molar-refractivity contribution in [2.24, 2.45) is 5.73 Å². The highest BCUT2D eigenvalue weighted by molar-refractivity contribution is 9.10. The molecule has 1 aromatic heterocycles. The van der Waals surface area contributed by atoms with E-state index in [1.165, 1.54) is 4.70 Å². The molecule has 0 amide bonds. The van der Waals surface area contributed by atoms with Gasteiger partial charge in [-0.15, -0.1) is 11.3 Å². The molecular formula is C16H15BrN2OS. The summed E-state index contributed by atoms with van der Waals surface area (Å²) in [5, 5.41) is 1.07. The van der Waals surface area contributed by atoms with Crippen LogP contribution in [0.25, 0.3) is 10.2 Å². The molecule has 0 aliphatic heterocycles. The third kappa shape index (κ3) is 3.10. The number of fused-ring (bicyclic) bond motifs is 1. The first-order valence-electron chi connectivity index (χ1n) is 6.61. The number of methoxy groups -OCH3 is 1. The van der Waals surface area contributed by atoms with Crippen LogP contribution in [-0.2, 0) is 6.42 Å². The van der Waals surface area contributed by atoms with E-state index < -0.39 is 0 Å². The third-order valence-corrected chi connectivity index (χ3v) is 5.02. The Morgan fingerprint density at radius 3 is 2.81 bits per heavy atom. The smallest absolute Gasteiger partial charge is 0.133 e. The zero-order valence-corrected chi connectivity index (χ0v) is 13.9. The highest BCUT2D eigenvalue weighted by Crippen LogP contribution is 2.30. The summed E-state index contributed by atoms with van der Waals surface area (Å²) in [5.74, 6) is 0.811. The molecule has 1 heterocycles. The van der Waals surface area contributed by atoms with E-state index in [1.807, 2.05) is 36.4 Å². The SMILES string of the molecule is COc1ccc(C(N)Cc2nc3ccccc3s2)cc1Br. The summed E-state index contributed by atoms with van der Waals surface area (Å²) in [4.78, 5) is 4.64. The number of ether oxygens (including phenoxy) is 1. The lowest BCUT2D eigenvalue weighted by Crippen LogP contribution is -2.13. The van der Waals surface area contributed by atoms with Crippen LogP contribution >= 0.6 is 27.3 Å². The van der Waals surface area contributed by atoms with Crippen LogP contribution in [-0.4, -0.2) is 12.1 Å². The van der Waals surface area contributed by atoms with Crippen molar-refractivity contribution < 1.29 is 4.74 Å². The number of halogens is 1. The molecule has 3 nitrogen and oxygen atoms in total. The summed E-state index contributed by atoms with van der Waals surface area (Å²) in [7, 11) is 1.65. The molecule has 5 heteroatoms. The quantitative estimate of drug-likeness (QED) is 0.752. The number of rotatable bonds is 4. The normalized spacial score (nSPS) is 12.5. The summed E-state index contributed by atoms with van der Waals surface area (Å²) < 4.78 is 7.36. The van der Waals surface area contributed by atoms with Gasteiger partial charge in [0.1, 0.15) is 5.75 Å². The van der Waals surface area contributed by atoms with Crippen molar-refractivity contribution >= 4 is 37.5 Å². The number of hydrogen-bond donors (Lipinski definition) is 1. The molecule has 108 valence electrons. The number of nitrogens with two attached hydrogens (primary N) is 1. The monoisotopic (exact) mass is 362 g/mol. The molecule has 0 saturated heterocycles. The van der Waals surface area contributed by atoms with Gasteiger partial charge in [0.05, 0.1) is 26.8 Å². The number of benzene rings is 2. The molecule has 0 bridgehead atoms. The fourth-order valence-electron chi connectivity index (χ4n) is 2.23. The third-order valence-electron chi connectivity index (χ3n) is 3.34. The molecule has 0 aliphatic carbocycles. The van der Waals surface area contributed by atoms with Crippen molar-refractivity contribution in [2.45, 2.75) is 12.5 Å². The van der Waals surface area contributed by atoms with E-state index in [9.17, 15) is 0 Å². The van der Waals surface area contributed by atoms with Crippen LogP contribution in [0, 0.1) is 0 Å². The molecule has 2 N–H and O–H groups in total. The van der Waals surface area contributed by atoms with Gasteiger partial charge in [-0.2, -0.15) is 0 Å². The van der Waals surface area contributed by atoms with Crippen LogP contribution in [0.2, 0.25) is 0 Å². The van der Waals surface area contributed by atoms with Gasteiger partial charge >= 0.3 is 0 Å². The minimum Gasteiger partial charge on any atom is -0.496 e. The van der Waals surface area contributed by atoms with Crippen molar-refractivity contribution in [3.05, 3.63) is 57.5 Å². The van der Waals surface area contributed by atoms with Crippen LogP contribution < -0.4 is 10.5 Å². The van der Waals surface area contributed by atoms with Gasteiger partial charge in [0.2, 0.25) is 0 Å². The van der Waals surface area contributed by atoms with Gasteiger partial charge in [0.25, 0.3) is 0 Å². The first-order chi connectivity index (χ1) is 10.2. The maximum absolute atomic E-state index is 6.31. The molecular weight excluding hydrogens is 348 g/mol. The molecule has 0 fully saturated rings. The molecule has 0 radical (unpaired) electrons. The van der Waals surface area contributed by atoms with Crippen molar-refractivity contribution in [2.75, 3.05) is 7.11 Å². The number of aromatic nitrogens is 1. The summed E-state index contributed by atoms with van der Waals surface area (Å²) in [6.07, 6.45) is 0.734. The fraction of sp³-hybridized carbons (Fsp3) is 0.188. The molecule has 0 spiro atoms. The second-order valence-electron chi connectivity index (χ2n) is 4.78. The Morgan fingerprint density at radius 2 is 2.10 bits per heavy atom. The molecule has 1 atom stereocenters. The Hall–Kier alpha value is -1.43. The van der Waals surface area contributed by atoms with Gasteiger partial charge in [-0.05, 0) is 45.8 Å². The lowest BCUT2D eigenvalue weighted by Gasteiger charge is -2.12. The summed E-state index contributed by atoms with van der Waals surface area (Å²) >= 11 is 5.20. The van der Waals surface area contributed by atoms with Crippen LogP contribution in [0.5, 0.6) is 5.75 Å². The Bertz CT molecular complexity index is 739. The van der Waals surface area contributed by atoms with Gasteiger partial charge in [0.15, 0.2) is 0 Å². The van der Waals surface area contributed by atoms with E-state index in [-0.39, 0.29) is 6.04 Å². The van der Waals surface area contributed by atoms with Crippen molar-refractivity contribution in [1.29, 1.82) is 0 Å². The molecule has 1 unspecified atom stereocenters. The maximum Gasteiger partial charge on any atom is 0.133 e. The number of thiazole rings is 1. The minimum absolute atomic E-state index is 0.0761. The summed E-state index contributed by atoms with van der Waals surface area (Å²) in [6.45, 7) is 0. The van der Waals surface area contributed by atoms with Gasteiger partial charge in [-0.1, -0.05) is 18.2 Å². The average Bonchev–Trinajstić information content (AvgIpc) is 2.89. The Kier molecular flexibility index (Phi) is 4.24. The molecule has 3 rings (SSSR count). The van der Waals surface area contributed by atoms with Crippen LogP contribution in [0.15, 0.2) is 46.9 Å². The topological polar surface area (TPSA) is 48.1 Å². The molecule has 21 heavy (non-hydrogen) atoms. The molecule has 2 aromatic carbocycles. The van der Waals surface area contributed by atoms with E-state index in [0.717, 1.165) is 32.7 Å².